The lowest BCUT2D eigenvalue weighted by atomic mass is 9.97. The van der Waals surface area contributed by atoms with Crippen LogP contribution in [-0.4, -0.2) is 24.6 Å². The van der Waals surface area contributed by atoms with Gasteiger partial charge in [0, 0.05) is 0 Å². The van der Waals surface area contributed by atoms with E-state index in [4.69, 9.17) is 9.47 Å². The zero-order chi connectivity index (χ0) is 15.5. The molecule has 5 nitrogen and oxygen atoms in total. The van der Waals surface area contributed by atoms with Gasteiger partial charge in [-0.1, -0.05) is 18.2 Å². The van der Waals surface area contributed by atoms with Crippen LogP contribution in [0.25, 0.3) is 0 Å². The van der Waals surface area contributed by atoms with Gasteiger partial charge >= 0.3 is 6.09 Å². The summed E-state index contributed by atoms with van der Waals surface area (Å²) in [5, 5.41) is 2.59. The maximum absolute atomic E-state index is 11.8. The first kappa shape index (κ1) is 15.5. The number of alkyl carbamates (subject to hydrolysis) is 1. The fourth-order valence-electron chi connectivity index (χ4n) is 2.21. The second-order valence-corrected chi connectivity index (χ2v) is 6.09. The van der Waals surface area contributed by atoms with E-state index in [-0.39, 0.29) is 0 Å². The van der Waals surface area contributed by atoms with Crippen LogP contribution in [0.15, 0.2) is 18.2 Å². The van der Waals surface area contributed by atoms with Gasteiger partial charge in [0.1, 0.15) is 17.9 Å². The predicted molar refractivity (Wildman–Crippen MR) is 78.0 cm³/mol. The first-order chi connectivity index (χ1) is 9.89. The third kappa shape index (κ3) is 4.29. The highest BCUT2D eigenvalue weighted by molar-refractivity contribution is 5.74. The van der Waals surface area contributed by atoms with Gasteiger partial charge in [-0.2, -0.15) is 0 Å². The molecule has 2 rings (SSSR count). The molecule has 0 aliphatic carbocycles. The van der Waals surface area contributed by atoms with Gasteiger partial charge in [-0.25, -0.2) is 4.79 Å². The first-order valence-electron chi connectivity index (χ1n) is 7.03. The van der Waals surface area contributed by atoms with Gasteiger partial charge in [-0.15, -0.1) is 0 Å². The van der Waals surface area contributed by atoms with Crippen LogP contribution in [0.2, 0.25) is 0 Å². The minimum atomic E-state index is -0.701. The minimum Gasteiger partial charge on any atom is -0.444 e. The average Bonchev–Trinajstić information content (AvgIpc) is 2.42. The summed E-state index contributed by atoms with van der Waals surface area (Å²) in [6.07, 6.45) is 0.937. The Morgan fingerprint density at radius 1 is 1.38 bits per heavy atom. The molecule has 1 aromatic carbocycles. The lowest BCUT2D eigenvalue weighted by molar-refractivity contribution is -0.109. The van der Waals surface area contributed by atoms with E-state index in [1.165, 1.54) is 0 Å². The molecular formula is C16H21NO4. The van der Waals surface area contributed by atoms with Crippen molar-refractivity contribution in [2.45, 2.75) is 45.4 Å². The van der Waals surface area contributed by atoms with Crippen LogP contribution in [0, 0.1) is 0 Å². The molecule has 5 heteroatoms. The average molecular weight is 291 g/mol. The number of ether oxygens (including phenoxy) is 2. The van der Waals surface area contributed by atoms with E-state index in [0.29, 0.717) is 19.5 Å². The molecule has 0 bridgehead atoms. The van der Waals surface area contributed by atoms with Crippen LogP contribution in [-0.2, 0) is 27.3 Å². The highest BCUT2D eigenvalue weighted by atomic mass is 16.6. The first-order valence-corrected chi connectivity index (χ1v) is 7.03. The van der Waals surface area contributed by atoms with Gasteiger partial charge < -0.3 is 19.6 Å². The van der Waals surface area contributed by atoms with Crippen molar-refractivity contribution in [2.75, 3.05) is 6.61 Å². The standard InChI is InChI=1S/C16H21NO4/c1-16(2,3)21-15(19)17-14(9-18)12-4-5-13-10-20-7-6-11(13)8-12/h4-5,8-9,14H,6-7,10H2,1-3H3,(H,17,19). The fraction of sp³-hybridized carbons (Fsp3) is 0.500. The number of aldehydes is 1. The van der Waals surface area contributed by atoms with E-state index in [1.54, 1.807) is 20.8 Å². The molecule has 1 amide bonds. The number of amides is 1. The van der Waals surface area contributed by atoms with Crippen molar-refractivity contribution in [3.8, 4) is 0 Å². The smallest absolute Gasteiger partial charge is 0.408 e. The van der Waals surface area contributed by atoms with E-state index >= 15 is 0 Å². The van der Waals surface area contributed by atoms with Crippen molar-refractivity contribution in [3.63, 3.8) is 0 Å². The fourth-order valence-corrected chi connectivity index (χ4v) is 2.21. The Bertz CT molecular complexity index is 534. The third-order valence-electron chi connectivity index (χ3n) is 3.17. The van der Waals surface area contributed by atoms with E-state index in [1.807, 2.05) is 18.2 Å². The highest BCUT2D eigenvalue weighted by Gasteiger charge is 2.21. The minimum absolute atomic E-state index is 0.593. The Hall–Kier alpha value is -1.88. The van der Waals surface area contributed by atoms with Gasteiger partial charge in [-0.05, 0) is 43.9 Å². The van der Waals surface area contributed by atoms with Gasteiger partial charge in [0.05, 0.1) is 13.2 Å². The summed E-state index contributed by atoms with van der Waals surface area (Å²) in [5.41, 5.74) is 2.46. The molecule has 0 saturated carbocycles. The summed E-state index contributed by atoms with van der Waals surface area (Å²) in [6.45, 7) is 6.62. The number of nitrogens with one attached hydrogen (secondary N) is 1. The highest BCUT2D eigenvalue weighted by Crippen LogP contribution is 2.21. The summed E-state index contributed by atoms with van der Waals surface area (Å²) in [5.74, 6) is 0. The van der Waals surface area contributed by atoms with Crippen molar-refractivity contribution in [2.24, 2.45) is 0 Å². The van der Waals surface area contributed by atoms with Crippen molar-refractivity contribution >= 4 is 12.4 Å². The quantitative estimate of drug-likeness (QED) is 0.869. The third-order valence-corrected chi connectivity index (χ3v) is 3.17. The number of hydrogen-bond acceptors (Lipinski definition) is 4. The van der Waals surface area contributed by atoms with Crippen LogP contribution >= 0.6 is 0 Å². The molecule has 21 heavy (non-hydrogen) atoms. The van der Waals surface area contributed by atoms with E-state index in [9.17, 15) is 9.59 Å². The van der Waals surface area contributed by atoms with E-state index < -0.39 is 17.7 Å². The van der Waals surface area contributed by atoms with Gasteiger partial charge in [0.25, 0.3) is 0 Å². The zero-order valence-corrected chi connectivity index (χ0v) is 12.6. The Balaban J connectivity index is 2.10. The molecule has 1 unspecified atom stereocenters. The molecule has 1 aromatic rings. The maximum Gasteiger partial charge on any atom is 0.408 e. The van der Waals surface area contributed by atoms with Crippen LogP contribution in [0.3, 0.4) is 0 Å². The predicted octanol–water partition coefficient (Wildman–Crippen LogP) is 2.52. The second kappa shape index (κ2) is 6.26. The van der Waals surface area contributed by atoms with Crippen LogP contribution in [0.5, 0.6) is 0 Å². The monoisotopic (exact) mass is 291 g/mol. The summed E-state index contributed by atoms with van der Waals surface area (Å²) < 4.78 is 10.6. The Kier molecular flexibility index (Phi) is 4.63. The molecule has 1 aliphatic rings. The Labute approximate surface area is 124 Å². The zero-order valence-electron chi connectivity index (χ0n) is 12.6. The molecule has 0 radical (unpaired) electrons. The summed E-state index contributed by atoms with van der Waals surface area (Å²) in [7, 11) is 0. The van der Waals surface area contributed by atoms with Gasteiger partial charge in [0.15, 0.2) is 0 Å². The van der Waals surface area contributed by atoms with Crippen LogP contribution in [0.1, 0.15) is 43.5 Å². The van der Waals surface area contributed by atoms with Gasteiger partial charge in [-0.3, -0.25) is 0 Å². The Morgan fingerprint density at radius 2 is 2.14 bits per heavy atom. The van der Waals surface area contributed by atoms with Crippen LogP contribution < -0.4 is 5.32 Å². The molecular weight excluding hydrogens is 270 g/mol. The molecule has 1 N–H and O–H groups in total. The molecule has 1 atom stereocenters. The van der Waals surface area contributed by atoms with Crippen molar-refractivity contribution in [3.05, 3.63) is 34.9 Å². The summed E-state index contributed by atoms with van der Waals surface area (Å²) in [6, 6.07) is 5.03. The lowest BCUT2D eigenvalue weighted by Crippen LogP contribution is -2.35. The van der Waals surface area contributed by atoms with Crippen molar-refractivity contribution in [1.29, 1.82) is 0 Å². The number of fused-ring (bicyclic) bond motifs is 1. The number of carbonyl (C=O) groups is 2. The largest absolute Gasteiger partial charge is 0.444 e. The topological polar surface area (TPSA) is 64.6 Å². The number of rotatable bonds is 3. The number of benzene rings is 1. The lowest BCUT2D eigenvalue weighted by Gasteiger charge is -2.23. The molecule has 0 fully saturated rings. The molecule has 1 aliphatic heterocycles. The van der Waals surface area contributed by atoms with Crippen LogP contribution in [0.4, 0.5) is 4.79 Å². The van der Waals surface area contributed by atoms with Crippen molar-refractivity contribution in [1.82, 2.24) is 5.32 Å². The second-order valence-electron chi connectivity index (χ2n) is 6.09. The maximum atomic E-state index is 11.8. The Morgan fingerprint density at radius 3 is 2.81 bits per heavy atom. The van der Waals surface area contributed by atoms with E-state index in [2.05, 4.69) is 5.32 Å². The molecule has 0 spiro atoms. The normalized spacial score (nSPS) is 15.8. The van der Waals surface area contributed by atoms with E-state index in [0.717, 1.165) is 23.1 Å². The number of hydrogen-bond donors (Lipinski definition) is 1. The van der Waals surface area contributed by atoms with Gasteiger partial charge in [0.2, 0.25) is 0 Å². The summed E-state index contributed by atoms with van der Waals surface area (Å²) >= 11 is 0. The number of carbonyl (C=O) groups excluding carboxylic acids is 2. The SMILES string of the molecule is CC(C)(C)OC(=O)NC(C=O)c1ccc2c(c1)CCOC2. The van der Waals surface area contributed by atoms with Crippen molar-refractivity contribution < 1.29 is 19.1 Å². The molecule has 0 aromatic heterocycles. The molecule has 0 saturated heterocycles. The summed E-state index contributed by atoms with van der Waals surface area (Å²) in [4.78, 5) is 23.1. The molecule has 114 valence electrons. The molecule has 1 heterocycles.